The topological polar surface area (TPSA) is 91.3 Å². The number of carbonyl (C=O) groups is 1. The molecule has 0 unspecified atom stereocenters. The van der Waals surface area contributed by atoms with Crippen molar-refractivity contribution in [1.82, 2.24) is 0 Å². The maximum absolute atomic E-state index is 12.7. The van der Waals surface area contributed by atoms with Crippen LogP contribution in [0.15, 0.2) is 78.1 Å². The molecule has 0 spiro atoms. The molecule has 2 aromatic carbocycles. The first kappa shape index (κ1) is 21.9. The van der Waals surface area contributed by atoms with Gasteiger partial charge in [-0.05, 0) is 42.6 Å². The molecule has 0 heterocycles. The molecular weight excluding hydrogens is 405 g/mol. The van der Waals surface area contributed by atoms with Crippen molar-refractivity contribution < 1.29 is 18.0 Å². The fraction of sp³-hybridized carbons (Fsp3) is 0.0500. The van der Waals surface area contributed by atoms with Crippen LogP contribution in [0.4, 0.5) is 24.5 Å². The van der Waals surface area contributed by atoms with Gasteiger partial charge in [-0.1, -0.05) is 29.8 Å². The molecule has 0 fully saturated rings. The average Bonchev–Trinajstić information content (AvgIpc) is 2.68. The van der Waals surface area contributed by atoms with Gasteiger partial charge in [0.1, 0.15) is 5.71 Å². The number of nitrogens with zero attached hydrogens (tertiary/aromatic N) is 1. The van der Waals surface area contributed by atoms with Crippen LogP contribution in [-0.4, -0.2) is 17.2 Å². The number of benzene rings is 2. The van der Waals surface area contributed by atoms with E-state index in [4.69, 9.17) is 22.7 Å². The number of hydrogen-bond donors (Lipinski definition) is 3. The van der Waals surface area contributed by atoms with Gasteiger partial charge in [-0.3, -0.25) is 10.2 Å². The number of anilines is 1. The molecule has 2 aromatic rings. The van der Waals surface area contributed by atoms with Crippen LogP contribution < -0.4 is 11.1 Å². The zero-order valence-corrected chi connectivity index (χ0v) is 15.6. The van der Waals surface area contributed by atoms with E-state index in [1.807, 2.05) is 0 Å². The van der Waals surface area contributed by atoms with E-state index in [0.717, 1.165) is 30.6 Å². The van der Waals surface area contributed by atoms with E-state index in [1.54, 1.807) is 24.3 Å². The Hall–Kier alpha value is -3.39. The first-order valence-corrected chi connectivity index (χ1v) is 8.55. The van der Waals surface area contributed by atoms with Gasteiger partial charge in [0.2, 0.25) is 5.78 Å². The first-order chi connectivity index (χ1) is 13.7. The van der Waals surface area contributed by atoms with Crippen molar-refractivity contribution in [3.63, 3.8) is 0 Å². The summed E-state index contributed by atoms with van der Waals surface area (Å²) in [5, 5.41) is 10.9. The zero-order chi connectivity index (χ0) is 21.4. The summed E-state index contributed by atoms with van der Waals surface area (Å²) in [7, 11) is 0. The third-order valence-electron chi connectivity index (χ3n) is 3.52. The van der Waals surface area contributed by atoms with Gasteiger partial charge < -0.3 is 11.1 Å². The van der Waals surface area contributed by atoms with E-state index < -0.39 is 23.2 Å². The van der Waals surface area contributed by atoms with Crippen LogP contribution in [0.5, 0.6) is 0 Å². The van der Waals surface area contributed by atoms with E-state index in [0.29, 0.717) is 10.7 Å². The molecule has 0 atom stereocenters. The highest BCUT2D eigenvalue weighted by atomic mass is 35.5. The smallest absolute Gasteiger partial charge is 0.405 e. The number of aliphatic imine (C=N–C) groups is 1. The molecule has 29 heavy (non-hydrogen) atoms. The molecular formula is C20H16ClF3N4O. The lowest BCUT2D eigenvalue weighted by atomic mass is 10.1. The summed E-state index contributed by atoms with van der Waals surface area (Å²) in [6.07, 6.45) is 0.0818. The Kier molecular flexibility index (Phi) is 7.33. The quantitative estimate of drug-likeness (QED) is 0.429. The van der Waals surface area contributed by atoms with Gasteiger partial charge >= 0.3 is 6.18 Å². The normalized spacial score (nSPS) is 12.5. The molecule has 0 radical (unpaired) electrons. The van der Waals surface area contributed by atoms with Gasteiger partial charge in [-0.2, -0.15) is 13.2 Å². The van der Waals surface area contributed by atoms with E-state index in [1.165, 1.54) is 18.2 Å². The number of carbonyl (C=O) groups excluding carboxylic acids is 1. The Morgan fingerprint density at radius 1 is 1.14 bits per heavy atom. The first-order valence-electron chi connectivity index (χ1n) is 8.17. The molecule has 150 valence electrons. The molecule has 0 saturated carbocycles. The fourth-order valence-corrected chi connectivity index (χ4v) is 2.33. The number of alkyl halides is 3. The van der Waals surface area contributed by atoms with E-state index >= 15 is 0 Å². The maximum atomic E-state index is 12.7. The van der Waals surface area contributed by atoms with Gasteiger partial charge in [0.25, 0.3) is 0 Å². The number of hydrogen-bond acceptors (Lipinski definition) is 5. The lowest BCUT2D eigenvalue weighted by Crippen LogP contribution is -2.20. The van der Waals surface area contributed by atoms with Gasteiger partial charge in [0.15, 0.2) is 0 Å². The number of rotatable bonds is 7. The predicted molar refractivity (Wildman–Crippen MR) is 109 cm³/mol. The van der Waals surface area contributed by atoms with Crippen LogP contribution in [-0.2, 0) is 11.0 Å². The lowest BCUT2D eigenvalue weighted by molar-refractivity contribution is -0.137. The molecule has 0 aliphatic rings. The number of halogens is 4. The fourth-order valence-electron chi connectivity index (χ4n) is 2.15. The van der Waals surface area contributed by atoms with Crippen molar-refractivity contribution in [3.05, 3.63) is 83.7 Å². The molecule has 0 saturated heterocycles. The van der Waals surface area contributed by atoms with Gasteiger partial charge in [-0.15, -0.1) is 0 Å². The molecule has 0 aliphatic heterocycles. The third kappa shape index (κ3) is 6.32. The van der Waals surface area contributed by atoms with Crippen LogP contribution in [0.1, 0.15) is 5.56 Å². The largest absolute Gasteiger partial charge is 0.416 e. The van der Waals surface area contributed by atoms with Gasteiger partial charge in [-0.25, -0.2) is 4.99 Å². The molecule has 4 N–H and O–H groups in total. The predicted octanol–water partition coefficient (Wildman–Crippen LogP) is 5.12. The molecule has 5 nitrogen and oxygen atoms in total. The summed E-state index contributed by atoms with van der Waals surface area (Å²) in [5.41, 5.74) is 4.55. The Labute approximate surface area is 169 Å². The minimum Gasteiger partial charge on any atom is -0.405 e. The lowest BCUT2D eigenvalue weighted by Gasteiger charge is -2.08. The molecule has 0 aliphatic carbocycles. The minimum absolute atomic E-state index is 0.0191. The van der Waals surface area contributed by atoms with Crippen molar-refractivity contribution in [2.45, 2.75) is 6.18 Å². The number of ketones is 1. The van der Waals surface area contributed by atoms with E-state index in [9.17, 15) is 18.0 Å². The Balaban J connectivity index is 2.14. The number of nitrogens with one attached hydrogen (secondary N) is 2. The summed E-state index contributed by atoms with van der Waals surface area (Å²) in [6.45, 7) is 0. The van der Waals surface area contributed by atoms with Gasteiger partial charge in [0.05, 0.1) is 22.0 Å². The van der Waals surface area contributed by atoms with E-state index in [2.05, 4.69) is 10.3 Å². The Morgan fingerprint density at radius 2 is 1.86 bits per heavy atom. The Bertz CT molecular complexity index is 997. The van der Waals surface area contributed by atoms with E-state index in [-0.39, 0.29) is 11.4 Å². The summed E-state index contributed by atoms with van der Waals surface area (Å²) in [6, 6.07) is 11.1. The minimum atomic E-state index is -4.47. The second-order valence-electron chi connectivity index (χ2n) is 5.60. The molecule has 0 aromatic heterocycles. The van der Waals surface area contributed by atoms with Crippen molar-refractivity contribution in [3.8, 4) is 0 Å². The summed E-state index contributed by atoms with van der Waals surface area (Å²) >= 11 is 6.03. The highest BCUT2D eigenvalue weighted by molar-refractivity contribution is 6.70. The van der Waals surface area contributed by atoms with Crippen molar-refractivity contribution >= 4 is 40.2 Å². The average molecular weight is 421 g/mol. The van der Waals surface area contributed by atoms with Gasteiger partial charge in [0, 0.05) is 18.0 Å². The zero-order valence-electron chi connectivity index (χ0n) is 14.9. The SMILES string of the molecule is N=C(C(=O)/C=C\Nc1cccc(C(F)(F)F)c1)C(C=CN)=Nc1ccccc1Cl. The molecule has 0 amide bonds. The maximum Gasteiger partial charge on any atom is 0.416 e. The second-order valence-corrected chi connectivity index (χ2v) is 6.01. The second kappa shape index (κ2) is 9.70. The van der Waals surface area contributed by atoms with Crippen molar-refractivity contribution in [1.29, 1.82) is 5.41 Å². The standard InChI is InChI=1S/C20H16ClF3N4O/c21-15-6-1-2-7-16(15)28-17(8-10-25)19(26)18(29)9-11-27-14-5-3-4-13(12-14)20(22,23)24/h1-12,26-27H,25H2/b10-8?,11-9-,26-19?,28-17?. The van der Waals surface area contributed by atoms with Crippen LogP contribution >= 0.6 is 11.6 Å². The third-order valence-corrected chi connectivity index (χ3v) is 3.84. The van der Waals surface area contributed by atoms with Crippen molar-refractivity contribution in [2.24, 2.45) is 10.7 Å². The van der Waals surface area contributed by atoms with Crippen LogP contribution in [0.25, 0.3) is 0 Å². The number of para-hydroxylation sites is 1. The number of allylic oxidation sites excluding steroid dienone is 2. The summed E-state index contributed by atoms with van der Waals surface area (Å²) < 4.78 is 38.2. The Morgan fingerprint density at radius 3 is 2.52 bits per heavy atom. The van der Waals surface area contributed by atoms with Crippen LogP contribution in [0.2, 0.25) is 5.02 Å². The molecule has 0 bridgehead atoms. The number of nitrogens with two attached hydrogens (primary N) is 1. The van der Waals surface area contributed by atoms with Crippen molar-refractivity contribution in [2.75, 3.05) is 5.32 Å². The summed E-state index contributed by atoms with van der Waals surface area (Å²) in [4.78, 5) is 16.4. The highest BCUT2D eigenvalue weighted by Gasteiger charge is 2.30. The summed E-state index contributed by atoms with van der Waals surface area (Å²) in [5.74, 6) is -0.728. The molecule has 9 heteroatoms. The van der Waals surface area contributed by atoms with Crippen LogP contribution in [0, 0.1) is 5.41 Å². The van der Waals surface area contributed by atoms with Crippen LogP contribution in [0.3, 0.4) is 0 Å². The highest BCUT2D eigenvalue weighted by Crippen LogP contribution is 2.30. The monoisotopic (exact) mass is 420 g/mol. The molecule has 2 rings (SSSR count).